The van der Waals surface area contributed by atoms with E-state index in [4.69, 9.17) is 11.6 Å². The van der Waals surface area contributed by atoms with Crippen LogP contribution in [0.1, 0.15) is 16.1 Å². The predicted molar refractivity (Wildman–Crippen MR) is 114 cm³/mol. The molecule has 0 aliphatic heterocycles. The number of nitrogens with zero attached hydrogens (tertiary/aromatic N) is 3. The van der Waals surface area contributed by atoms with Gasteiger partial charge in [0.25, 0.3) is 5.91 Å². The van der Waals surface area contributed by atoms with Gasteiger partial charge >= 0.3 is 0 Å². The van der Waals surface area contributed by atoms with Gasteiger partial charge in [0, 0.05) is 37.0 Å². The number of hydrogen-bond donors (Lipinski definition) is 2. The molecule has 0 saturated carbocycles. The first-order chi connectivity index (χ1) is 13.5. The van der Waals surface area contributed by atoms with Crippen molar-refractivity contribution in [3.05, 3.63) is 76.9 Å². The fourth-order valence-corrected chi connectivity index (χ4v) is 2.70. The minimum absolute atomic E-state index is 0.247. The maximum Gasteiger partial charge on any atom is 0.271 e. The maximum absolute atomic E-state index is 12.2. The third-order valence-electron chi connectivity index (χ3n) is 4.17. The summed E-state index contributed by atoms with van der Waals surface area (Å²) in [7, 11) is 3.99. The predicted octanol–water partition coefficient (Wildman–Crippen LogP) is 3.91. The Morgan fingerprint density at radius 2 is 1.68 bits per heavy atom. The Labute approximate surface area is 169 Å². The van der Waals surface area contributed by atoms with E-state index in [9.17, 15) is 4.79 Å². The molecule has 3 rings (SSSR count). The minimum Gasteiger partial charge on any atom is -0.378 e. The van der Waals surface area contributed by atoms with Gasteiger partial charge in [0.15, 0.2) is 11.5 Å². The molecule has 144 valence electrons. The first-order valence-corrected chi connectivity index (χ1v) is 9.30. The van der Waals surface area contributed by atoms with Crippen LogP contribution in [0.25, 0.3) is 0 Å². The zero-order valence-electron chi connectivity index (χ0n) is 15.8. The molecule has 0 spiro atoms. The normalized spacial score (nSPS) is 10.4. The highest BCUT2D eigenvalue weighted by atomic mass is 35.5. The summed E-state index contributed by atoms with van der Waals surface area (Å²) in [5, 5.41) is 14.8. The molecule has 0 unspecified atom stereocenters. The summed E-state index contributed by atoms with van der Waals surface area (Å²) in [6.45, 7) is 0.514. The molecule has 0 saturated heterocycles. The SMILES string of the molecule is CN(C)c1ccc(Nc2ccc(C(=O)NCCc3ccc(Cl)cc3)nn2)cc1. The van der Waals surface area contributed by atoms with Gasteiger partial charge in [-0.25, -0.2) is 0 Å². The Balaban J connectivity index is 1.51. The molecule has 1 heterocycles. The lowest BCUT2D eigenvalue weighted by Gasteiger charge is -2.13. The zero-order chi connectivity index (χ0) is 19.9. The minimum atomic E-state index is -0.247. The van der Waals surface area contributed by atoms with Crippen LogP contribution in [0.3, 0.4) is 0 Å². The van der Waals surface area contributed by atoms with Gasteiger partial charge in [0.1, 0.15) is 0 Å². The third-order valence-corrected chi connectivity index (χ3v) is 4.42. The second-order valence-electron chi connectivity index (χ2n) is 6.50. The fourth-order valence-electron chi connectivity index (χ4n) is 2.57. The number of nitrogens with one attached hydrogen (secondary N) is 2. The number of carbonyl (C=O) groups excluding carboxylic acids is 1. The van der Waals surface area contributed by atoms with E-state index < -0.39 is 0 Å². The number of hydrogen-bond acceptors (Lipinski definition) is 5. The summed E-state index contributed by atoms with van der Waals surface area (Å²) in [6, 6.07) is 18.9. The molecule has 2 N–H and O–H groups in total. The Bertz CT molecular complexity index is 909. The number of rotatable bonds is 7. The number of halogens is 1. The van der Waals surface area contributed by atoms with E-state index in [1.807, 2.05) is 67.5 Å². The van der Waals surface area contributed by atoms with Crippen molar-refractivity contribution < 1.29 is 4.79 Å². The molecule has 0 bridgehead atoms. The van der Waals surface area contributed by atoms with Gasteiger partial charge in [0.05, 0.1) is 0 Å². The molecule has 7 heteroatoms. The molecule has 0 atom stereocenters. The lowest BCUT2D eigenvalue weighted by Crippen LogP contribution is -2.26. The van der Waals surface area contributed by atoms with Gasteiger partial charge in [0.2, 0.25) is 0 Å². The summed E-state index contributed by atoms with van der Waals surface area (Å²) in [5.41, 5.74) is 3.41. The average molecular weight is 396 g/mol. The van der Waals surface area contributed by atoms with Gasteiger partial charge in [-0.05, 0) is 60.5 Å². The van der Waals surface area contributed by atoms with Crippen LogP contribution in [0.2, 0.25) is 5.02 Å². The van der Waals surface area contributed by atoms with E-state index in [1.165, 1.54) is 0 Å². The van der Waals surface area contributed by atoms with Crippen LogP contribution in [-0.4, -0.2) is 36.7 Å². The van der Waals surface area contributed by atoms with Crippen molar-refractivity contribution in [2.75, 3.05) is 30.9 Å². The zero-order valence-corrected chi connectivity index (χ0v) is 16.6. The molecule has 28 heavy (non-hydrogen) atoms. The van der Waals surface area contributed by atoms with Crippen molar-refractivity contribution in [3.63, 3.8) is 0 Å². The van der Waals surface area contributed by atoms with Crippen LogP contribution in [0.15, 0.2) is 60.7 Å². The van der Waals surface area contributed by atoms with E-state index >= 15 is 0 Å². The highest BCUT2D eigenvalue weighted by Gasteiger charge is 2.08. The molecule has 0 aliphatic rings. The van der Waals surface area contributed by atoms with Crippen LogP contribution >= 0.6 is 11.6 Å². The molecule has 6 nitrogen and oxygen atoms in total. The maximum atomic E-state index is 12.2. The average Bonchev–Trinajstić information content (AvgIpc) is 2.70. The second-order valence-corrected chi connectivity index (χ2v) is 6.94. The number of carbonyl (C=O) groups is 1. The van der Waals surface area contributed by atoms with Crippen LogP contribution in [-0.2, 0) is 6.42 Å². The van der Waals surface area contributed by atoms with Crippen LogP contribution < -0.4 is 15.5 Å². The Morgan fingerprint density at radius 3 is 2.29 bits per heavy atom. The first-order valence-electron chi connectivity index (χ1n) is 8.92. The molecular weight excluding hydrogens is 374 g/mol. The summed E-state index contributed by atoms with van der Waals surface area (Å²) in [5.74, 6) is 0.332. The fraction of sp³-hybridized carbons (Fsp3) is 0.190. The van der Waals surface area contributed by atoms with Gasteiger partial charge in [-0.3, -0.25) is 4.79 Å². The van der Waals surface area contributed by atoms with Crippen molar-refractivity contribution in [3.8, 4) is 0 Å². The summed E-state index contributed by atoms with van der Waals surface area (Å²) in [4.78, 5) is 14.2. The van der Waals surface area contributed by atoms with Crippen molar-refractivity contribution in [2.45, 2.75) is 6.42 Å². The number of anilines is 3. The van der Waals surface area contributed by atoms with Gasteiger partial charge in [-0.1, -0.05) is 23.7 Å². The van der Waals surface area contributed by atoms with Gasteiger partial charge in [-0.15, -0.1) is 10.2 Å². The smallest absolute Gasteiger partial charge is 0.271 e. The lowest BCUT2D eigenvalue weighted by molar-refractivity contribution is 0.0948. The van der Waals surface area contributed by atoms with Crippen molar-refractivity contribution in [1.29, 1.82) is 0 Å². The van der Waals surface area contributed by atoms with Crippen LogP contribution in [0.5, 0.6) is 0 Å². The molecule has 1 amide bonds. The highest BCUT2D eigenvalue weighted by molar-refractivity contribution is 6.30. The van der Waals surface area contributed by atoms with E-state index in [0.717, 1.165) is 23.4 Å². The number of benzene rings is 2. The van der Waals surface area contributed by atoms with Crippen LogP contribution in [0.4, 0.5) is 17.2 Å². The Morgan fingerprint density at radius 1 is 0.964 bits per heavy atom. The summed E-state index contributed by atoms with van der Waals surface area (Å²) in [6.07, 6.45) is 0.721. The Hall–Kier alpha value is -3.12. The third kappa shape index (κ3) is 5.44. The van der Waals surface area contributed by atoms with Crippen LogP contribution in [0, 0.1) is 0 Å². The van der Waals surface area contributed by atoms with Gasteiger partial charge < -0.3 is 15.5 Å². The van der Waals surface area contributed by atoms with E-state index in [2.05, 4.69) is 20.8 Å². The number of aromatic nitrogens is 2. The topological polar surface area (TPSA) is 70.2 Å². The van der Waals surface area contributed by atoms with Crippen molar-refractivity contribution in [2.24, 2.45) is 0 Å². The molecule has 2 aromatic carbocycles. The van der Waals surface area contributed by atoms with E-state index in [-0.39, 0.29) is 11.6 Å². The van der Waals surface area contributed by atoms with Gasteiger partial charge in [-0.2, -0.15) is 0 Å². The summed E-state index contributed by atoms with van der Waals surface area (Å²) < 4.78 is 0. The largest absolute Gasteiger partial charge is 0.378 e. The van der Waals surface area contributed by atoms with E-state index in [1.54, 1.807) is 12.1 Å². The lowest BCUT2D eigenvalue weighted by atomic mass is 10.1. The quantitative estimate of drug-likeness (QED) is 0.634. The molecule has 3 aromatic rings. The molecule has 0 radical (unpaired) electrons. The molecule has 0 aliphatic carbocycles. The molecule has 0 fully saturated rings. The number of amides is 1. The Kier molecular flexibility index (Phi) is 6.45. The molecular formula is C21H22ClN5O. The highest BCUT2D eigenvalue weighted by Crippen LogP contribution is 2.18. The van der Waals surface area contributed by atoms with Crippen molar-refractivity contribution >= 4 is 34.7 Å². The molecule has 1 aromatic heterocycles. The first kappa shape index (κ1) is 19.6. The second kappa shape index (κ2) is 9.19. The van der Waals surface area contributed by atoms with Crippen molar-refractivity contribution in [1.82, 2.24) is 15.5 Å². The summed E-state index contributed by atoms with van der Waals surface area (Å²) >= 11 is 5.87. The van der Waals surface area contributed by atoms with E-state index in [0.29, 0.717) is 17.4 Å². The monoisotopic (exact) mass is 395 g/mol. The standard InChI is InChI=1S/C21H22ClN5O/c1-27(2)18-9-7-17(8-10-18)24-20-12-11-19(25-26-20)21(28)23-14-13-15-3-5-16(22)6-4-15/h3-12H,13-14H2,1-2H3,(H,23,28)(H,24,26).